The van der Waals surface area contributed by atoms with Crippen LogP contribution in [0.3, 0.4) is 0 Å². The van der Waals surface area contributed by atoms with Crippen LogP contribution in [-0.2, 0) is 0 Å². The number of carbonyl (C=O) groups excluding carboxylic acids is 1. The van der Waals surface area contributed by atoms with Crippen LogP contribution in [0.15, 0.2) is 48.5 Å². The Hall–Kier alpha value is -3.03. The van der Waals surface area contributed by atoms with Crippen LogP contribution >= 0.6 is 24.8 Å². The van der Waals surface area contributed by atoms with Crippen LogP contribution in [-0.4, -0.2) is 42.2 Å². The Morgan fingerprint density at radius 1 is 1.06 bits per heavy atom. The first kappa shape index (κ1) is 28.0. The molecule has 0 aliphatic heterocycles. The number of halogens is 2. The fraction of sp³-hybridized carbons (Fsp3) is 0.292. The first-order valence-electron chi connectivity index (χ1n) is 10.4. The van der Waals surface area contributed by atoms with Gasteiger partial charge >= 0.3 is 5.97 Å². The summed E-state index contributed by atoms with van der Waals surface area (Å²) in [4.78, 5) is 31.4. The second-order valence-electron chi connectivity index (χ2n) is 7.15. The molecule has 0 unspecified atom stereocenters. The van der Waals surface area contributed by atoms with E-state index in [1.54, 1.807) is 48.5 Å². The number of carboxylic acids is 1. The molecule has 9 heteroatoms. The largest absolute Gasteiger partial charge is 0.496 e. The number of benzene rings is 2. The molecule has 0 fully saturated rings. The number of amides is 1. The van der Waals surface area contributed by atoms with Crippen molar-refractivity contribution >= 4 is 59.1 Å². The minimum Gasteiger partial charge on any atom is -0.496 e. The number of para-hydroxylation sites is 1. The number of rotatable bonds is 9. The van der Waals surface area contributed by atoms with Gasteiger partial charge in [-0.15, -0.1) is 24.8 Å². The number of methoxy groups -OCH3 is 1. The lowest BCUT2D eigenvalue weighted by Gasteiger charge is -2.22. The molecule has 178 valence electrons. The standard InChI is InChI=1S/C24H27N3O4.2ClH/c1-4-6-13-27(5-2)22-15-19(24(29)30)18-14-16(11-12-20(18)26-22)25-23(28)17-9-7-8-10-21(17)31-3;;/h7-12,14-15H,4-6,13H2,1-3H3,(H,25,28)(H,29,30);2*1H. The van der Waals surface area contributed by atoms with E-state index in [0.29, 0.717) is 33.7 Å². The van der Waals surface area contributed by atoms with Crippen molar-refractivity contribution in [3.8, 4) is 5.75 Å². The molecule has 7 nitrogen and oxygen atoms in total. The quantitative estimate of drug-likeness (QED) is 0.399. The van der Waals surface area contributed by atoms with Crippen LogP contribution in [0.2, 0.25) is 0 Å². The number of carbonyl (C=O) groups is 2. The first-order chi connectivity index (χ1) is 15.0. The highest BCUT2D eigenvalue weighted by Gasteiger charge is 2.17. The van der Waals surface area contributed by atoms with Gasteiger partial charge in [0.25, 0.3) is 5.91 Å². The molecule has 0 radical (unpaired) electrons. The summed E-state index contributed by atoms with van der Waals surface area (Å²) in [7, 11) is 1.50. The van der Waals surface area contributed by atoms with E-state index >= 15 is 0 Å². The minimum absolute atomic E-state index is 0. The molecule has 3 rings (SSSR count). The summed E-state index contributed by atoms with van der Waals surface area (Å²) >= 11 is 0. The molecule has 0 bridgehead atoms. The summed E-state index contributed by atoms with van der Waals surface area (Å²) in [5.74, 6) is -0.264. The molecule has 2 aromatic carbocycles. The summed E-state index contributed by atoms with van der Waals surface area (Å²) in [6.07, 6.45) is 2.05. The molecule has 0 saturated carbocycles. The van der Waals surface area contributed by atoms with Gasteiger partial charge in [-0.3, -0.25) is 4.79 Å². The number of carboxylic acid groups (broad SMARTS) is 1. The van der Waals surface area contributed by atoms with Crippen molar-refractivity contribution in [2.75, 3.05) is 30.4 Å². The van der Waals surface area contributed by atoms with E-state index in [9.17, 15) is 14.7 Å². The maximum atomic E-state index is 12.7. The van der Waals surface area contributed by atoms with Crippen LogP contribution < -0.4 is 15.0 Å². The van der Waals surface area contributed by atoms with Gasteiger partial charge in [-0.2, -0.15) is 0 Å². The number of pyridine rings is 1. The molecule has 0 saturated heterocycles. The molecule has 1 heterocycles. The Bertz CT molecular complexity index is 1110. The Kier molecular flexibility index (Phi) is 10.9. The van der Waals surface area contributed by atoms with E-state index < -0.39 is 5.97 Å². The number of hydrogen-bond donors (Lipinski definition) is 2. The van der Waals surface area contributed by atoms with Gasteiger partial charge in [0.15, 0.2) is 0 Å². The van der Waals surface area contributed by atoms with Crippen LogP contribution in [0.1, 0.15) is 47.4 Å². The Morgan fingerprint density at radius 2 is 1.79 bits per heavy atom. The number of nitrogens with zero attached hydrogens (tertiary/aromatic N) is 2. The van der Waals surface area contributed by atoms with Gasteiger partial charge in [0, 0.05) is 24.2 Å². The molecule has 0 atom stereocenters. The lowest BCUT2D eigenvalue weighted by atomic mass is 10.1. The molecule has 3 aromatic rings. The predicted octanol–water partition coefficient (Wildman–Crippen LogP) is 5.66. The number of nitrogens with one attached hydrogen (secondary N) is 1. The number of ether oxygens (including phenoxy) is 1. The number of unbranched alkanes of at least 4 members (excludes halogenated alkanes) is 1. The number of fused-ring (bicyclic) bond motifs is 1. The minimum atomic E-state index is -1.03. The van der Waals surface area contributed by atoms with Crippen molar-refractivity contribution in [3.05, 3.63) is 59.7 Å². The fourth-order valence-corrected chi connectivity index (χ4v) is 3.44. The average molecular weight is 494 g/mol. The second kappa shape index (κ2) is 12.9. The summed E-state index contributed by atoms with van der Waals surface area (Å²) in [6.45, 7) is 5.70. The maximum absolute atomic E-state index is 12.7. The van der Waals surface area contributed by atoms with Crippen molar-refractivity contribution in [1.82, 2.24) is 4.98 Å². The van der Waals surface area contributed by atoms with Gasteiger partial charge in [-0.05, 0) is 49.7 Å². The number of hydrogen-bond acceptors (Lipinski definition) is 5. The lowest BCUT2D eigenvalue weighted by Crippen LogP contribution is -2.25. The van der Waals surface area contributed by atoms with E-state index in [1.807, 2.05) is 6.92 Å². The molecule has 0 aliphatic carbocycles. The summed E-state index contributed by atoms with van der Waals surface area (Å²) < 4.78 is 5.25. The van der Waals surface area contributed by atoms with Crippen LogP contribution in [0.5, 0.6) is 5.75 Å². The molecular weight excluding hydrogens is 465 g/mol. The van der Waals surface area contributed by atoms with Crippen molar-refractivity contribution in [2.45, 2.75) is 26.7 Å². The smallest absolute Gasteiger partial charge is 0.336 e. The van der Waals surface area contributed by atoms with Crippen LogP contribution in [0.25, 0.3) is 10.9 Å². The summed E-state index contributed by atoms with van der Waals surface area (Å²) in [5, 5.41) is 13.1. The monoisotopic (exact) mass is 493 g/mol. The molecule has 2 N–H and O–H groups in total. The highest BCUT2D eigenvalue weighted by molar-refractivity contribution is 6.09. The molecule has 1 amide bonds. The van der Waals surface area contributed by atoms with Gasteiger partial charge in [0.05, 0.1) is 23.8 Å². The Labute approximate surface area is 206 Å². The molecule has 0 spiro atoms. The summed E-state index contributed by atoms with van der Waals surface area (Å²) in [6, 6.07) is 13.6. The summed E-state index contributed by atoms with van der Waals surface area (Å²) in [5.41, 5.74) is 1.61. The Balaban J connectivity index is 0.00000272. The van der Waals surface area contributed by atoms with Crippen molar-refractivity contribution in [2.24, 2.45) is 0 Å². The van der Waals surface area contributed by atoms with Gasteiger partial charge in [0.2, 0.25) is 0 Å². The van der Waals surface area contributed by atoms with Gasteiger partial charge in [0.1, 0.15) is 11.6 Å². The third kappa shape index (κ3) is 6.49. The SMILES string of the molecule is CCCCN(CC)c1cc(C(=O)O)c2cc(NC(=O)c3ccccc3OC)ccc2n1.Cl.Cl. The van der Waals surface area contributed by atoms with E-state index in [2.05, 4.69) is 22.1 Å². The normalized spacial score (nSPS) is 10.0. The van der Waals surface area contributed by atoms with E-state index in [0.717, 1.165) is 25.9 Å². The zero-order valence-corrected chi connectivity index (χ0v) is 20.5. The topological polar surface area (TPSA) is 91.8 Å². The molecule has 1 aromatic heterocycles. The zero-order chi connectivity index (χ0) is 22.4. The lowest BCUT2D eigenvalue weighted by molar-refractivity contribution is 0.0698. The zero-order valence-electron chi connectivity index (χ0n) is 18.8. The fourth-order valence-electron chi connectivity index (χ4n) is 3.44. The molecule has 0 aliphatic rings. The number of aromatic nitrogens is 1. The molecular formula is C24H29Cl2N3O4. The van der Waals surface area contributed by atoms with E-state index in [1.165, 1.54) is 7.11 Å². The third-order valence-electron chi connectivity index (χ3n) is 5.12. The van der Waals surface area contributed by atoms with Gasteiger partial charge in [-0.1, -0.05) is 25.5 Å². The van der Waals surface area contributed by atoms with Crippen LogP contribution in [0.4, 0.5) is 11.5 Å². The third-order valence-corrected chi connectivity index (χ3v) is 5.12. The van der Waals surface area contributed by atoms with Crippen molar-refractivity contribution in [3.63, 3.8) is 0 Å². The van der Waals surface area contributed by atoms with Crippen molar-refractivity contribution in [1.29, 1.82) is 0 Å². The Morgan fingerprint density at radius 3 is 2.42 bits per heavy atom. The number of anilines is 2. The second-order valence-corrected chi connectivity index (χ2v) is 7.15. The highest BCUT2D eigenvalue weighted by Crippen LogP contribution is 2.27. The molecule has 33 heavy (non-hydrogen) atoms. The van der Waals surface area contributed by atoms with Crippen molar-refractivity contribution < 1.29 is 19.4 Å². The van der Waals surface area contributed by atoms with Crippen LogP contribution in [0, 0.1) is 0 Å². The predicted molar refractivity (Wildman–Crippen MR) is 137 cm³/mol. The van der Waals surface area contributed by atoms with Gasteiger partial charge in [-0.25, -0.2) is 9.78 Å². The first-order valence-corrected chi connectivity index (χ1v) is 10.4. The average Bonchev–Trinajstić information content (AvgIpc) is 2.78. The highest BCUT2D eigenvalue weighted by atomic mass is 35.5. The van der Waals surface area contributed by atoms with E-state index in [-0.39, 0.29) is 36.3 Å². The maximum Gasteiger partial charge on any atom is 0.336 e. The van der Waals surface area contributed by atoms with Gasteiger partial charge < -0.3 is 20.1 Å². The van der Waals surface area contributed by atoms with E-state index in [4.69, 9.17) is 4.74 Å². The number of aromatic carboxylic acids is 1.